The lowest BCUT2D eigenvalue weighted by atomic mass is 9.92. The van der Waals surface area contributed by atoms with Gasteiger partial charge < -0.3 is 10.3 Å². The van der Waals surface area contributed by atoms with Gasteiger partial charge in [0.1, 0.15) is 0 Å². The minimum Gasteiger partial charge on any atom is -0.348 e. The minimum atomic E-state index is 0.288. The molecule has 0 bridgehead atoms. The number of fused-ring (bicyclic) bond motifs is 1. The summed E-state index contributed by atoms with van der Waals surface area (Å²) in [5.74, 6) is 0.821. The van der Waals surface area contributed by atoms with Crippen LogP contribution in [0.15, 0.2) is 12.3 Å². The number of aromatic nitrogens is 1. The highest BCUT2D eigenvalue weighted by Crippen LogP contribution is 2.37. The maximum absolute atomic E-state index is 6.24. The van der Waals surface area contributed by atoms with Crippen LogP contribution in [-0.2, 0) is 6.42 Å². The van der Waals surface area contributed by atoms with Crippen molar-refractivity contribution in [3.63, 3.8) is 0 Å². The molecule has 0 amide bonds. The Morgan fingerprint density at radius 2 is 1.94 bits per heavy atom. The van der Waals surface area contributed by atoms with Gasteiger partial charge in [0.15, 0.2) is 0 Å². The molecule has 0 radical (unpaired) electrons. The number of nitrogens with two attached hydrogens (primary N) is 1. The highest BCUT2D eigenvalue weighted by Gasteiger charge is 2.27. The summed E-state index contributed by atoms with van der Waals surface area (Å²) in [5.41, 5.74) is 9.22. The van der Waals surface area contributed by atoms with Crippen LogP contribution in [0, 0.1) is 5.92 Å². The molecule has 2 heteroatoms. The Hall–Kier alpha value is -0.760. The summed E-state index contributed by atoms with van der Waals surface area (Å²) in [5, 5.41) is 0. The maximum Gasteiger partial charge on any atom is 0.0359 e. The van der Waals surface area contributed by atoms with Gasteiger partial charge >= 0.3 is 0 Å². The summed E-state index contributed by atoms with van der Waals surface area (Å²) in [7, 11) is 0. The highest BCUT2D eigenvalue weighted by molar-refractivity contribution is 5.29. The van der Waals surface area contributed by atoms with E-state index < -0.39 is 0 Å². The molecule has 3 rings (SSSR count). The molecule has 1 heterocycles. The second-order valence-corrected chi connectivity index (χ2v) is 6.31. The molecule has 3 atom stereocenters. The largest absolute Gasteiger partial charge is 0.348 e. The predicted molar refractivity (Wildman–Crippen MR) is 75.6 cm³/mol. The highest BCUT2D eigenvalue weighted by atomic mass is 15.0. The van der Waals surface area contributed by atoms with Crippen LogP contribution < -0.4 is 5.73 Å². The molecule has 2 aliphatic carbocycles. The normalized spacial score (nSPS) is 32.9. The van der Waals surface area contributed by atoms with E-state index in [1.165, 1.54) is 50.5 Å². The lowest BCUT2D eigenvalue weighted by Crippen LogP contribution is -2.22. The van der Waals surface area contributed by atoms with Crippen molar-refractivity contribution in [3.05, 3.63) is 23.5 Å². The molecule has 0 aromatic carbocycles. The number of hydrogen-bond acceptors (Lipinski definition) is 1. The Morgan fingerprint density at radius 3 is 2.83 bits per heavy atom. The van der Waals surface area contributed by atoms with Crippen molar-refractivity contribution in [3.8, 4) is 0 Å². The van der Waals surface area contributed by atoms with Crippen molar-refractivity contribution in [2.24, 2.45) is 11.7 Å². The Balaban J connectivity index is 1.91. The van der Waals surface area contributed by atoms with Crippen LogP contribution in [0.25, 0.3) is 0 Å². The molecule has 2 aliphatic rings. The average molecular weight is 246 g/mol. The third-order valence-corrected chi connectivity index (χ3v) is 5.06. The van der Waals surface area contributed by atoms with Crippen LogP contribution in [0.3, 0.4) is 0 Å². The zero-order valence-corrected chi connectivity index (χ0v) is 11.6. The fraction of sp³-hybridized carbons (Fsp3) is 0.750. The van der Waals surface area contributed by atoms with E-state index in [1.54, 1.807) is 5.69 Å². The van der Waals surface area contributed by atoms with E-state index >= 15 is 0 Å². The smallest absolute Gasteiger partial charge is 0.0359 e. The molecular formula is C16H26N2. The van der Waals surface area contributed by atoms with Crippen molar-refractivity contribution in [2.45, 2.75) is 70.4 Å². The molecule has 3 unspecified atom stereocenters. The van der Waals surface area contributed by atoms with Gasteiger partial charge in [-0.25, -0.2) is 0 Å². The lowest BCUT2D eigenvalue weighted by molar-refractivity contribution is 0.324. The molecule has 2 N–H and O–H groups in total. The number of hydrogen-bond donors (Lipinski definition) is 1. The second-order valence-electron chi connectivity index (χ2n) is 6.31. The SMILES string of the molecule is CC1CCCCCC1n1ccc2c1CCCC2N. The Morgan fingerprint density at radius 1 is 1.11 bits per heavy atom. The standard InChI is InChI=1S/C16H26N2/c1-12-6-3-2-4-8-15(12)18-11-10-13-14(17)7-5-9-16(13)18/h10-12,14-15H,2-9,17H2,1H3. The zero-order valence-electron chi connectivity index (χ0n) is 11.6. The molecule has 18 heavy (non-hydrogen) atoms. The van der Waals surface area contributed by atoms with E-state index in [0.717, 1.165) is 18.4 Å². The lowest BCUT2D eigenvalue weighted by Gasteiger charge is -2.28. The van der Waals surface area contributed by atoms with Crippen LogP contribution in [0.4, 0.5) is 0 Å². The second kappa shape index (κ2) is 5.08. The van der Waals surface area contributed by atoms with E-state index in [0.29, 0.717) is 0 Å². The van der Waals surface area contributed by atoms with Gasteiger partial charge in [-0.1, -0.05) is 26.2 Å². The average Bonchev–Trinajstić information content (AvgIpc) is 2.68. The van der Waals surface area contributed by atoms with Crippen LogP contribution in [-0.4, -0.2) is 4.57 Å². The first-order valence-electron chi connectivity index (χ1n) is 7.72. The summed E-state index contributed by atoms with van der Waals surface area (Å²) in [4.78, 5) is 0. The first-order chi connectivity index (χ1) is 8.77. The summed E-state index contributed by atoms with van der Waals surface area (Å²) in [6.07, 6.45) is 13.0. The molecule has 1 saturated carbocycles. The quantitative estimate of drug-likeness (QED) is 0.747. The topological polar surface area (TPSA) is 30.9 Å². The van der Waals surface area contributed by atoms with Gasteiger partial charge in [0.2, 0.25) is 0 Å². The Bertz CT molecular complexity index is 407. The molecule has 100 valence electrons. The van der Waals surface area contributed by atoms with E-state index in [4.69, 9.17) is 5.73 Å². The molecular weight excluding hydrogens is 220 g/mol. The summed E-state index contributed by atoms with van der Waals surface area (Å²) < 4.78 is 2.59. The molecule has 1 aromatic rings. The zero-order chi connectivity index (χ0) is 12.5. The summed E-state index contributed by atoms with van der Waals surface area (Å²) in [6, 6.07) is 3.30. The van der Waals surface area contributed by atoms with Gasteiger partial charge in [0.05, 0.1) is 0 Å². The molecule has 0 spiro atoms. The summed E-state index contributed by atoms with van der Waals surface area (Å²) >= 11 is 0. The molecule has 0 saturated heterocycles. The third kappa shape index (κ3) is 2.11. The summed E-state index contributed by atoms with van der Waals surface area (Å²) in [6.45, 7) is 2.44. The Labute approximate surface area is 111 Å². The molecule has 1 aromatic heterocycles. The van der Waals surface area contributed by atoms with Gasteiger partial charge in [-0.15, -0.1) is 0 Å². The maximum atomic E-state index is 6.24. The fourth-order valence-electron chi connectivity index (χ4n) is 3.95. The monoisotopic (exact) mass is 246 g/mol. The van der Waals surface area contributed by atoms with Crippen LogP contribution in [0.5, 0.6) is 0 Å². The fourth-order valence-corrected chi connectivity index (χ4v) is 3.95. The van der Waals surface area contributed by atoms with Gasteiger partial charge in [0, 0.05) is 24.0 Å². The van der Waals surface area contributed by atoms with E-state index in [1.807, 2.05) is 0 Å². The van der Waals surface area contributed by atoms with Crippen molar-refractivity contribution in [2.75, 3.05) is 0 Å². The van der Waals surface area contributed by atoms with E-state index in [-0.39, 0.29) is 6.04 Å². The van der Waals surface area contributed by atoms with Gasteiger partial charge in [-0.3, -0.25) is 0 Å². The van der Waals surface area contributed by atoms with Gasteiger partial charge in [-0.05, 0) is 49.7 Å². The van der Waals surface area contributed by atoms with E-state index in [2.05, 4.69) is 23.8 Å². The van der Waals surface area contributed by atoms with Crippen LogP contribution in [0.2, 0.25) is 0 Å². The van der Waals surface area contributed by atoms with E-state index in [9.17, 15) is 0 Å². The minimum absolute atomic E-state index is 0.288. The predicted octanol–water partition coefficient (Wildman–Crippen LogP) is 3.97. The molecule has 0 aliphatic heterocycles. The van der Waals surface area contributed by atoms with Crippen molar-refractivity contribution in [1.29, 1.82) is 0 Å². The van der Waals surface area contributed by atoms with Crippen molar-refractivity contribution < 1.29 is 0 Å². The molecule has 2 nitrogen and oxygen atoms in total. The number of nitrogens with zero attached hydrogens (tertiary/aromatic N) is 1. The first kappa shape index (κ1) is 12.3. The number of rotatable bonds is 1. The van der Waals surface area contributed by atoms with Gasteiger partial charge in [-0.2, -0.15) is 0 Å². The van der Waals surface area contributed by atoms with Crippen molar-refractivity contribution >= 4 is 0 Å². The Kier molecular flexibility index (Phi) is 3.47. The van der Waals surface area contributed by atoms with Gasteiger partial charge in [0.25, 0.3) is 0 Å². The molecule has 1 fully saturated rings. The van der Waals surface area contributed by atoms with Crippen molar-refractivity contribution in [1.82, 2.24) is 4.57 Å². The van der Waals surface area contributed by atoms with Crippen LogP contribution in [0.1, 0.15) is 75.2 Å². The first-order valence-corrected chi connectivity index (χ1v) is 7.72. The third-order valence-electron chi connectivity index (χ3n) is 5.06. The van der Waals surface area contributed by atoms with Crippen LogP contribution >= 0.6 is 0 Å².